The molecule has 0 spiro atoms. The number of nitrogens with two attached hydrogens (primary N) is 2. The summed E-state index contributed by atoms with van der Waals surface area (Å²) < 4.78 is 5.17. The number of hydrogen-bond acceptors (Lipinski definition) is 4. The molecule has 0 aliphatic carbocycles. The highest BCUT2D eigenvalue weighted by molar-refractivity contribution is 6.03. The molecule has 2 rings (SSSR count). The van der Waals surface area contributed by atoms with Crippen LogP contribution in [0.25, 0.3) is 0 Å². The summed E-state index contributed by atoms with van der Waals surface area (Å²) in [5.74, 6) is 0.203. The van der Waals surface area contributed by atoms with E-state index in [1.54, 1.807) is 30.3 Å². The van der Waals surface area contributed by atoms with Gasteiger partial charge >= 0.3 is 6.03 Å². The van der Waals surface area contributed by atoms with E-state index >= 15 is 0 Å². The lowest BCUT2D eigenvalue weighted by molar-refractivity contribution is -0.119. The van der Waals surface area contributed by atoms with Crippen molar-refractivity contribution in [2.45, 2.75) is 6.04 Å². The molecule has 0 fully saturated rings. The molecule has 1 aliphatic heterocycles. The third-order valence-corrected chi connectivity index (χ3v) is 2.96. The van der Waals surface area contributed by atoms with Gasteiger partial charge in [-0.05, 0) is 17.7 Å². The zero-order valence-corrected chi connectivity index (χ0v) is 11.4. The molecule has 7 nitrogen and oxygen atoms in total. The molecule has 1 aromatic carbocycles. The molecule has 21 heavy (non-hydrogen) atoms. The Bertz CT molecular complexity index is 595. The van der Waals surface area contributed by atoms with Gasteiger partial charge in [-0.25, -0.2) is 4.79 Å². The molecule has 110 valence electrons. The molecular weight excluding hydrogens is 272 g/mol. The van der Waals surface area contributed by atoms with Crippen LogP contribution in [-0.2, 0) is 4.79 Å². The monoisotopic (exact) mass is 288 g/mol. The number of carbonyl (C=O) groups is 2. The Morgan fingerprint density at radius 3 is 2.67 bits per heavy atom. The Kier molecular flexibility index (Phi) is 4.22. The first-order chi connectivity index (χ1) is 10.0. The smallest absolute Gasteiger partial charge is 0.346 e. The number of urea groups is 1. The lowest BCUT2D eigenvalue weighted by Crippen LogP contribution is -2.33. The van der Waals surface area contributed by atoms with Gasteiger partial charge in [0.1, 0.15) is 17.6 Å². The topological polar surface area (TPSA) is 111 Å². The van der Waals surface area contributed by atoms with E-state index in [4.69, 9.17) is 16.2 Å². The Morgan fingerprint density at radius 1 is 1.43 bits per heavy atom. The number of amidine groups is 1. The molecule has 1 aromatic rings. The van der Waals surface area contributed by atoms with E-state index in [-0.39, 0.29) is 18.5 Å². The largest absolute Gasteiger partial charge is 0.484 e. The Hall–Kier alpha value is -2.83. The van der Waals surface area contributed by atoms with Crippen LogP contribution in [0.5, 0.6) is 5.75 Å². The van der Waals surface area contributed by atoms with E-state index in [1.807, 2.05) is 0 Å². The average molecular weight is 288 g/mol. The number of benzene rings is 1. The van der Waals surface area contributed by atoms with Crippen LogP contribution in [0.15, 0.2) is 41.9 Å². The van der Waals surface area contributed by atoms with Crippen molar-refractivity contribution in [3.63, 3.8) is 0 Å². The van der Waals surface area contributed by atoms with Crippen LogP contribution >= 0.6 is 0 Å². The standard InChI is InChI=1S/C14H16N4O3/c1-2-7-18-12(13(16)17-14(18)20)9-3-5-10(6-4-9)21-8-11(15)19/h2-6,12H,1,7-8H2,(H2,15,19)(H2,16,17,20). The fourth-order valence-corrected chi connectivity index (χ4v) is 2.08. The van der Waals surface area contributed by atoms with E-state index in [0.717, 1.165) is 5.56 Å². The highest BCUT2D eigenvalue weighted by Crippen LogP contribution is 2.28. The molecule has 1 atom stereocenters. The summed E-state index contributed by atoms with van der Waals surface area (Å²) in [4.78, 5) is 27.7. The van der Waals surface area contributed by atoms with E-state index in [1.165, 1.54) is 4.90 Å². The first kappa shape index (κ1) is 14.6. The highest BCUT2D eigenvalue weighted by atomic mass is 16.5. The van der Waals surface area contributed by atoms with Gasteiger partial charge in [0.25, 0.3) is 5.91 Å². The van der Waals surface area contributed by atoms with Crippen LogP contribution in [0, 0.1) is 0 Å². The lowest BCUT2D eigenvalue weighted by atomic mass is 10.1. The molecule has 7 heteroatoms. The number of hydrogen-bond donors (Lipinski definition) is 2. The Labute approximate surface area is 121 Å². The van der Waals surface area contributed by atoms with E-state index in [0.29, 0.717) is 12.3 Å². The normalized spacial score (nSPS) is 17.5. The summed E-state index contributed by atoms with van der Waals surface area (Å²) in [6.07, 6.45) is 1.61. The van der Waals surface area contributed by atoms with Gasteiger partial charge in [0.05, 0.1) is 0 Å². The van der Waals surface area contributed by atoms with Crippen molar-refractivity contribution in [3.05, 3.63) is 42.5 Å². The predicted octanol–water partition coefficient (Wildman–Crippen LogP) is 0.571. The number of carbonyl (C=O) groups excluding carboxylic acids is 2. The van der Waals surface area contributed by atoms with Gasteiger partial charge in [-0.2, -0.15) is 4.99 Å². The quantitative estimate of drug-likeness (QED) is 0.745. The molecule has 1 heterocycles. The van der Waals surface area contributed by atoms with Crippen LogP contribution in [0.1, 0.15) is 11.6 Å². The predicted molar refractivity (Wildman–Crippen MR) is 77.8 cm³/mol. The van der Waals surface area contributed by atoms with Crippen molar-refractivity contribution < 1.29 is 14.3 Å². The third kappa shape index (κ3) is 3.19. The number of amides is 3. The molecule has 0 saturated carbocycles. The summed E-state index contributed by atoms with van der Waals surface area (Å²) >= 11 is 0. The van der Waals surface area contributed by atoms with E-state index in [9.17, 15) is 9.59 Å². The second-order valence-corrected chi connectivity index (χ2v) is 4.49. The van der Waals surface area contributed by atoms with Gasteiger partial charge in [0.2, 0.25) is 0 Å². The number of aliphatic imine (C=N–C) groups is 1. The van der Waals surface area contributed by atoms with Gasteiger partial charge < -0.3 is 21.1 Å². The van der Waals surface area contributed by atoms with Crippen LogP contribution in [0.4, 0.5) is 4.79 Å². The fraction of sp³-hybridized carbons (Fsp3) is 0.214. The molecule has 0 saturated heterocycles. The number of primary amides is 1. The van der Waals surface area contributed by atoms with Crippen molar-refractivity contribution in [1.82, 2.24) is 4.90 Å². The van der Waals surface area contributed by atoms with E-state index in [2.05, 4.69) is 11.6 Å². The molecule has 1 unspecified atom stereocenters. The van der Waals surface area contributed by atoms with Gasteiger partial charge in [-0.3, -0.25) is 4.79 Å². The summed E-state index contributed by atoms with van der Waals surface area (Å²) in [7, 11) is 0. The van der Waals surface area contributed by atoms with Crippen molar-refractivity contribution in [3.8, 4) is 5.75 Å². The number of rotatable bonds is 6. The highest BCUT2D eigenvalue weighted by Gasteiger charge is 2.33. The maximum Gasteiger partial charge on any atom is 0.346 e. The maximum atomic E-state index is 11.7. The van der Waals surface area contributed by atoms with Crippen molar-refractivity contribution in [2.75, 3.05) is 13.2 Å². The SMILES string of the molecule is C=CCN1C(=O)N=C(N)C1c1ccc(OCC(N)=O)cc1. The minimum atomic E-state index is -0.547. The summed E-state index contributed by atoms with van der Waals surface area (Å²) in [5, 5.41) is 0. The molecule has 4 N–H and O–H groups in total. The summed E-state index contributed by atoms with van der Waals surface area (Å²) in [6.45, 7) is 3.79. The first-order valence-electron chi connectivity index (χ1n) is 6.29. The zero-order valence-electron chi connectivity index (χ0n) is 11.4. The molecule has 0 radical (unpaired) electrons. The van der Waals surface area contributed by atoms with Crippen LogP contribution in [-0.4, -0.2) is 35.8 Å². The third-order valence-electron chi connectivity index (χ3n) is 2.96. The fourth-order valence-electron chi connectivity index (χ4n) is 2.08. The average Bonchev–Trinajstić information content (AvgIpc) is 2.72. The van der Waals surface area contributed by atoms with Gasteiger partial charge in [0.15, 0.2) is 6.61 Å². The molecule has 1 aliphatic rings. The van der Waals surface area contributed by atoms with Crippen molar-refractivity contribution >= 4 is 17.8 Å². The van der Waals surface area contributed by atoms with Gasteiger partial charge in [0, 0.05) is 6.54 Å². The zero-order chi connectivity index (χ0) is 15.4. The Morgan fingerprint density at radius 2 is 2.10 bits per heavy atom. The second kappa shape index (κ2) is 6.08. The van der Waals surface area contributed by atoms with Crippen LogP contribution < -0.4 is 16.2 Å². The minimum Gasteiger partial charge on any atom is -0.484 e. The Balaban J connectivity index is 2.17. The van der Waals surface area contributed by atoms with Crippen LogP contribution in [0.2, 0.25) is 0 Å². The summed E-state index contributed by atoms with van der Waals surface area (Å²) in [5.41, 5.74) is 11.6. The minimum absolute atomic E-state index is 0.187. The molecule has 0 aromatic heterocycles. The molecule has 0 bridgehead atoms. The molecule has 3 amide bonds. The van der Waals surface area contributed by atoms with E-state index < -0.39 is 11.9 Å². The number of nitrogens with zero attached hydrogens (tertiary/aromatic N) is 2. The van der Waals surface area contributed by atoms with Crippen molar-refractivity contribution in [2.24, 2.45) is 16.5 Å². The van der Waals surface area contributed by atoms with Crippen LogP contribution in [0.3, 0.4) is 0 Å². The van der Waals surface area contributed by atoms with Gasteiger partial charge in [-0.1, -0.05) is 18.2 Å². The van der Waals surface area contributed by atoms with Gasteiger partial charge in [-0.15, -0.1) is 6.58 Å². The van der Waals surface area contributed by atoms with Crippen molar-refractivity contribution in [1.29, 1.82) is 0 Å². The second-order valence-electron chi connectivity index (χ2n) is 4.49. The summed E-state index contributed by atoms with van der Waals surface area (Å²) in [6, 6.07) is 6.09. The first-order valence-corrected chi connectivity index (χ1v) is 6.29. The number of ether oxygens (including phenoxy) is 1. The lowest BCUT2D eigenvalue weighted by Gasteiger charge is -2.23. The maximum absolute atomic E-state index is 11.7. The molecular formula is C14H16N4O3.